The molecular formula is C14H15FN2O2S2. The Morgan fingerprint density at radius 3 is 2.48 bits per heavy atom. The van der Waals surface area contributed by atoms with E-state index >= 15 is 0 Å². The second-order valence-corrected chi connectivity index (χ2v) is 7.65. The third-order valence-electron chi connectivity index (χ3n) is 2.82. The number of halogens is 1. The van der Waals surface area contributed by atoms with Crippen molar-refractivity contribution in [3.63, 3.8) is 0 Å². The Hall–Kier alpha value is -1.44. The van der Waals surface area contributed by atoms with Crippen LogP contribution in [0, 0.1) is 5.82 Å². The lowest BCUT2D eigenvalue weighted by Crippen LogP contribution is -2.22. The normalized spacial score (nSPS) is 11.8. The molecule has 0 radical (unpaired) electrons. The first-order valence-electron chi connectivity index (χ1n) is 6.16. The molecule has 0 aliphatic heterocycles. The quantitative estimate of drug-likeness (QED) is 0.793. The van der Waals surface area contributed by atoms with Crippen LogP contribution in [0.2, 0.25) is 0 Å². The van der Waals surface area contributed by atoms with Gasteiger partial charge < -0.3 is 0 Å². The van der Waals surface area contributed by atoms with Crippen LogP contribution in [0.5, 0.6) is 0 Å². The minimum absolute atomic E-state index is 0.141. The number of aromatic nitrogens is 1. The van der Waals surface area contributed by atoms with Gasteiger partial charge in [-0.2, -0.15) is 0 Å². The number of thioether (sulfide) groups is 1. The summed E-state index contributed by atoms with van der Waals surface area (Å²) in [5.74, 6) is 0.191. The van der Waals surface area contributed by atoms with Crippen molar-refractivity contribution >= 4 is 21.8 Å². The Kier molecular flexibility index (Phi) is 4.97. The lowest BCUT2D eigenvalue weighted by atomic mass is 10.2. The Morgan fingerprint density at radius 1 is 1.19 bits per heavy atom. The van der Waals surface area contributed by atoms with Crippen LogP contribution in [0.15, 0.2) is 52.5 Å². The van der Waals surface area contributed by atoms with Gasteiger partial charge in [0.15, 0.2) is 0 Å². The average Bonchev–Trinajstić information content (AvgIpc) is 2.46. The highest BCUT2D eigenvalue weighted by Gasteiger charge is 2.17. The molecule has 0 aliphatic rings. The summed E-state index contributed by atoms with van der Waals surface area (Å²) in [4.78, 5) is 4.25. The average molecular weight is 326 g/mol. The van der Waals surface area contributed by atoms with Gasteiger partial charge in [-0.1, -0.05) is 18.2 Å². The summed E-state index contributed by atoms with van der Waals surface area (Å²) in [7, 11) is -0.529. The van der Waals surface area contributed by atoms with Gasteiger partial charge in [0.05, 0.1) is 5.03 Å². The Labute approximate surface area is 128 Å². The lowest BCUT2D eigenvalue weighted by molar-refractivity contribution is 0.520. The Bertz CT molecular complexity index is 716. The van der Waals surface area contributed by atoms with Gasteiger partial charge in [-0.15, -0.1) is 11.8 Å². The summed E-state index contributed by atoms with van der Waals surface area (Å²) in [6.45, 7) is 0. The topological polar surface area (TPSA) is 50.3 Å². The first-order chi connectivity index (χ1) is 9.91. The second kappa shape index (κ2) is 6.55. The number of rotatable bonds is 5. The van der Waals surface area contributed by atoms with E-state index in [-0.39, 0.29) is 10.7 Å². The summed E-state index contributed by atoms with van der Waals surface area (Å²) >= 11 is 1.36. The number of hydrogen-bond donors (Lipinski definition) is 0. The fourth-order valence-electron chi connectivity index (χ4n) is 1.58. The zero-order chi connectivity index (χ0) is 15.5. The fraction of sp³-hybridized carbons (Fsp3) is 0.214. The van der Waals surface area contributed by atoms with Gasteiger partial charge in [0.2, 0.25) is 10.0 Å². The predicted molar refractivity (Wildman–Crippen MR) is 81.1 cm³/mol. The molecule has 0 amide bonds. The molecule has 0 aliphatic carbocycles. The van der Waals surface area contributed by atoms with E-state index in [1.165, 1.54) is 44.2 Å². The summed E-state index contributed by atoms with van der Waals surface area (Å²) in [5, 5.41) is 0.649. The van der Waals surface area contributed by atoms with Crippen LogP contribution in [0.25, 0.3) is 0 Å². The molecule has 1 aromatic carbocycles. The molecular weight excluding hydrogens is 311 g/mol. The van der Waals surface area contributed by atoms with E-state index in [0.29, 0.717) is 16.3 Å². The fourth-order valence-corrected chi connectivity index (χ4v) is 3.26. The van der Waals surface area contributed by atoms with Crippen LogP contribution in [0.3, 0.4) is 0 Å². The third-order valence-corrected chi connectivity index (χ3v) is 5.61. The first kappa shape index (κ1) is 15.9. The van der Waals surface area contributed by atoms with Crippen molar-refractivity contribution in [3.05, 3.63) is 54.0 Å². The predicted octanol–water partition coefficient (Wildman–Crippen LogP) is 2.76. The highest BCUT2D eigenvalue weighted by atomic mass is 32.2. The molecule has 4 nitrogen and oxygen atoms in total. The number of hydrogen-bond acceptors (Lipinski definition) is 4. The van der Waals surface area contributed by atoms with Crippen LogP contribution in [0.1, 0.15) is 5.56 Å². The second-order valence-electron chi connectivity index (χ2n) is 4.50. The molecule has 0 bridgehead atoms. The molecule has 0 fully saturated rings. The van der Waals surface area contributed by atoms with Crippen molar-refractivity contribution in [2.75, 3.05) is 14.1 Å². The van der Waals surface area contributed by atoms with E-state index in [9.17, 15) is 12.8 Å². The standard InChI is InChI=1S/C14H15FN2O2S2/c1-17(2)21(18,19)12-7-8-14(16-9-12)20-10-11-5-3-4-6-13(11)15/h3-9H,10H2,1-2H3. The first-order valence-corrected chi connectivity index (χ1v) is 8.58. The number of nitrogens with zero attached hydrogens (tertiary/aromatic N) is 2. The smallest absolute Gasteiger partial charge is 0.244 e. The third kappa shape index (κ3) is 3.81. The molecule has 0 saturated heterocycles. The van der Waals surface area contributed by atoms with Gasteiger partial charge in [-0.3, -0.25) is 0 Å². The van der Waals surface area contributed by atoms with Crippen LogP contribution in [-0.4, -0.2) is 31.8 Å². The minimum atomic E-state index is -3.47. The van der Waals surface area contributed by atoms with Crippen molar-refractivity contribution in [1.29, 1.82) is 0 Å². The van der Waals surface area contributed by atoms with Gasteiger partial charge in [-0.05, 0) is 23.8 Å². The van der Waals surface area contributed by atoms with Crippen LogP contribution >= 0.6 is 11.8 Å². The van der Waals surface area contributed by atoms with Gasteiger partial charge in [0.25, 0.3) is 0 Å². The molecule has 21 heavy (non-hydrogen) atoms. The number of benzene rings is 1. The van der Waals surface area contributed by atoms with Crippen LogP contribution in [-0.2, 0) is 15.8 Å². The summed E-state index contributed by atoms with van der Waals surface area (Å²) in [5.41, 5.74) is 0.592. The zero-order valence-corrected chi connectivity index (χ0v) is 13.3. The van der Waals surface area contributed by atoms with E-state index < -0.39 is 10.0 Å². The highest BCUT2D eigenvalue weighted by molar-refractivity contribution is 7.98. The van der Waals surface area contributed by atoms with Gasteiger partial charge in [-0.25, -0.2) is 22.1 Å². The maximum absolute atomic E-state index is 13.5. The summed E-state index contributed by atoms with van der Waals surface area (Å²) in [6.07, 6.45) is 1.32. The number of pyridine rings is 1. The molecule has 7 heteroatoms. The molecule has 0 saturated carbocycles. The largest absolute Gasteiger partial charge is 0.249 e. The van der Waals surface area contributed by atoms with Gasteiger partial charge >= 0.3 is 0 Å². The molecule has 1 heterocycles. The molecule has 2 rings (SSSR count). The van der Waals surface area contributed by atoms with Crippen molar-refractivity contribution in [2.45, 2.75) is 15.7 Å². The van der Waals surface area contributed by atoms with E-state index in [2.05, 4.69) is 4.98 Å². The molecule has 0 atom stereocenters. The molecule has 2 aromatic rings. The maximum atomic E-state index is 13.5. The number of sulfonamides is 1. The molecule has 1 aromatic heterocycles. The van der Waals surface area contributed by atoms with Crippen molar-refractivity contribution in [2.24, 2.45) is 0 Å². The van der Waals surface area contributed by atoms with E-state index in [4.69, 9.17) is 0 Å². The van der Waals surface area contributed by atoms with Crippen molar-refractivity contribution in [3.8, 4) is 0 Å². The summed E-state index contributed by atoms with van der Waals surface area (Å²) < 4.78 is 38.4. The van der Waals surface area contributed by atoms with E-state index in [1.54, 1.807) is 24.3 Å². The van der Waals surface area contributed by atoms with Gasteiger partial charge in [0.1, 0.15) is 10.7 Å². The monoisotopic (exact) mass is 326 g/mol. The molecule has 0 spiro atoms. The Balaban J connectivity index is 2.09. The van der Waals surface area contributed by atoms with Crippen molar-refractivity contribution < 1.29 is 12.8 Å². The van der Waals surface area contributed by atoms with Crippen molar-refractivity contribution in [1.82, 2.24) is 9.29 Å². The zero-order valence-electron chi connectivity index (χ0n) is 11.7. The Morgan fingerprint density at radius 2 is 1.90 bits per heavy atom. The maximum Gasteiger partial charge on any atom is 0.244 e. The summed E-state index contributed by atoms with van der Waals surface area (Å²) in [6, 6.07) is 9.68. The molecule has 112 valence electrons. The molecule has 0 N–H and O–H groups in total. The minimum Gasteiger partial charge on any atom is -0.249 e. The van der Waals surface area contributed by atoms with Crippen LogP contribution in [0.4, 0.5) is 4.39 Å². The highest BCUT2D eigenvalue weighted by Crippen LogP contribution is 2.23. The van der Waals surface area contributed by atoms with E-state index in [1.807, 2.05) is 0 Å². The lowest BCUT2D eigenvalue weighted by Gasteiger charge is -2.11. The van der Waals surface area contributed by atoms with Gasteiger partial charge in [0, 0.05) is 26.0 Å². The molecule has 0 unspecified atom stereocenters. The van der Waals surface area contributed by atoms with Crippen LogP contribution < -0.4 is 0 Å². The SMILES string of the molecule is CN(C)S(=O)(=O)c1ccc(SCc2ccccc2F)nc1. The van der Waals surface area contributed by atoms with E-state index in [0.717, 1.165) is 4.31 Å².